The van der Waals surface area contributed by atoms with Crippen molar-refractivity contribution in [2.45, 2.75) is 20.8 Å². The van der Waals surface area contributed by atoms with Gasteiger partial charge in [-0.2, -0.15) is 4.98 Å². The van der Waals surface area contributed by atoms with E-state index in [1.54, 1.807) is 37.4 Å². The highest BCUT2D eigenvalue weighted by Crippen LogP contribution is 2.24. The number of nitrogens with one attached hydrogen (secondary N) is 2. The van der Waals surface area contributed by atoms with Crippen molar-refractivity contribution in [3.8, 4) is 0 Å². The van der Waals surface area contributed by atoms with E-state index in [1.807, 2.05) is 12.1 Å². The van der Waals surface area contributed by atoms with Crippen LogP contribution in [-0.2, 0) is 4.74 Å². The Morgan fingerprint density at radius 2 is 1.70 bits per heavy atom. The normalized spacial score (nSPS) is 10.3. The van der Waals surface area contributed by atoms with Crippen LogP contribution in [0.3, 0.4) is 0 Å². The summed E-state index contributed by atoms with van der Waals surface area (Å²) in [6, 6.07) is 15.0. The van der Waals surface area contributed by atoms with E-state index in [0.29, 0.717) is 23.9 Å². The minimum Gasteiger partial charge on any atom is -0.462 e. The van der Waals surface area contributed by atoms with Gasteiger partial charge in [0.25, 0.3) is 0 Å². The molecule has 27 heavy (non-hydrogen) atoms. The number of rotatable bonds is 6. The summed E-state index contributed by atoms with van der Waals surface area (Å²) in [6.45, 7) is 6.25. The molecule has 0 aliphatic rings. The number of ether oxygens (including phenoxy) is 1. The third-order valence-electron chi connectivity index (χ3n) is 4.04. The highest BCUT2D eigenvalue weighted by atomic mass is 16.5. The zero-order valence-electron chi connectivity index (χ0n) is 15.6. The molecule has 0 aliphatic heterocycles. The fourth-order valence-electron chi connectivity index (χ4n) is 2.66. The summed E-state index contributed by atoms with van der Waals surface area (Å²) in [7, 11) is 0. The minimum atomic E-state index is -0.333. The number of esters is 1. The van der Waals surface area contributed by atoms with Crippen LogP contribution in [0.15, 0.2) is 54.7 Å². The second-order valence-electron chi connectivity index (χ2n) is 6.08. The van der Waals surface area contributed by atoms with Gasteiger partial charge in [0.1, 0.15) is 5.82 Å². The average molecular weight is 362 g/mol. The molecule has 0 spiro atoms. The van der Waals surface area contributed by atoms with Crippen molar-refractivity contribution in [2.24, 2.45) is 0 Å². The molecule has 0 atom stereocenters. The van der Waals surface area contributed by atoms with E-state index in [-0.39, 0.29) is 5.97 Å². The fraction of sp³-hybridized carbons (Fsp3) is 0.190. The van der Waals surface area contributed by atoms with Crippen molar-refractivity contribution in [3.05, 3.63) is 71.4 Å². The van der Waals surface area contributed by atoms with Gasteiger partial charge in [-0.3, -0.25) is 0 Å². The smallest absolute Gasteiger partial charge is 0.338 e. The molecular formula is C21H22N4O2. The fourth-order valence-corrected chi connectivity index (χ4v) is 2.66. The first-order chi connectivity index (χ1) is 13.1. The maximum Gasteiger partial charge on any atom is 0.338 e. The maximum atomic E-state index is 11.7. The Labute approximate surface area is 158 Å². The van der Waals surface area contributed by atoms with E-state index in [2.05, 4.69) is 46.6 Å². The van der Waals surface area contributed by atoms with Gasteiger partial charge in [0, 0.05) is 17.6 Å². The van der Waals surface area contributed by atoms with E-state index < -0.39 is 0 Å². The lowest BCUT2D eigenvalue weighted by molar-refractivity contribution is 0.0526. The predicted octanol–water partition coefficient (Wildman–Crippen LogP) is 4.76. The number of hydrogen-bond acceptors (Lipinski definition) is 6. The van der Waals surface area contributed by atoms with Crippen molar-refractivity contribution in [1.29, 1.82) is 0 Å². The summed E-state index contributed by atoms with van der Waals surface area (Å²) in [5.41, 5.74) is 4.64. The molecule has 1 aromatic heterocycles. The Morgan fingerprint density at radius 3 is 2.37 bits per heavy atom. The molecule has 0 fully saturated rings. The van der Waals surface area contributed by atoms with E-state index in [0.717, 1.165) is 22.5 Å². The topological polar surface area (TPSA) is 76.1 Å². The van der Waals surface area contributed by atoms with E-state index in [1.165, 1.54) is 0 Å². The molecule has 0 saturated heterocycles. The standard InChI is InChI=1S/C21H22N4O2/c1-4-27-20(26)16-8-10-17(11-9-16)23-21-22-13-12-18(25-21)24-19-14(2)6-5-7-15(19)3/h5-13H,4H2,1-3H3,(H2,22,23,24,25). The predicted molar refractivity (Wildman–Crippen MR) is 107 cm³/mol. The monoisotopic (exact) mass is 362 g/mol. The van der Waals surface area contributed by atoms with Gasteiger partial charge in [-0.05, 0) is 62.2 Å². The van der Waals surface area contributed by atoms with Crippen molar-refractivity contribution < 1.29 is 9.53 Å². The van der Waals surface area contributed by atoms with Crippen LogP contribution < -0.4 is 10.6 Å². The van der Waals surface area contributed by atoms with Gasteiger partial charge in [0.15, 0.2) is 0 Å². The summed E-state index contributed by atoms with van der Waals surface area (Å²) in [5.74, 6) is 0.836. The zero-order chi connectivity index (χ0) is 19.2. The second-order valence-corrected chi connectivity index (χ2v) is 6.08. The van der Waals surface area contributed by atoms with Gasteiger partial charge in [-0.15, -0.1) is 0 Å². The third-order valence-corrected chi connectivity index (χ3v) is 4.04. The van der Waals surface area contributed by atoms with Crippen molar-refractivity contribution in [3.63, 3.8) is 0 Å². The molecule has 6 nitrogen and oxygen atoms in total. The number of aryl methyl sites for hydroxylation is 2. The highest BCUT2D eigenvalue weighted by Gasteiger charge is 2.07. The first kappa shape index (κ1) is 18.4. The number of carbonyl (C=O) groups excluding carboxylic acids is 1. The van der Waals surface area contributed by atoms with Crippen LogP contribution >= 0.6 is 0 Å². The molecule has 0 bridgehead atoms. The van der Waals surface area contributed by atoms with Gasteiger partial charge in [0.2, 0.25) is 5.95 Å². The number of carbonyl (C=O) groups is 1. The SMILES string of the molecule is CCOC(=O)c1ccc(Nc2nccc(Nc3c(C)cccc3C)n2)cc1. The number of aromatic nitrogens is 2. The summed E-state index contributed by atoms with van der Waals surface area (Å²) in [6.07, 6.45) is 1.69. The molecule has 3 aromatic rings. The number of anilines is 4. The molecule has 0 unspecified atom stereocenters. The molecule has 2 aromatic carbocycles. The summed E-state index contributed by atoms with van der Waals surface area (Å²) in [5, 5.41) is 6.50. The number of nitrogens with zero attached hydrogens (tertiary/aromatic N) is 2. The molecule has 0 radical (unpaired) electrons. The number of para-hydroxylation sites is 1. The van der Waals surface area contributed by atoms with Gasteiger partial charge < -0.3 is 15.4 Å². The molecule has 0 aliphatic carbocycles. The van der Waals surface area contributed by atoms with Crippen LogP contribution in [0.4, 0.5) is 23.1 Å². The Kier molecular flexibility index (Phi) is 5.66. The average Bonchev–Trinajstić information content (AvgIpc) is 2.66. The second kappa shape index (κ2) is 8.31. The zero-order valence-corrected chi connectivity index (χ0v) is 15.6. The van der Waals surface area contributed by atoms with Gasteiger partial charge in [0.05, 0.1) is 12.2 Å². The van der Waals surface area contributed by atoms with Crippen molar-refractivity contribution in [2.75, 3.05) is 17.2 Å². The lowest BCUT2D eigenvalue weighted by atomic mass is 10.1. The van der Waals surface area contributed by atoms with E-state index in [9.17, 15) is 4.79 Å². The molecule has 3 rings (SSSR count). The van der Waals surface area contributed by atoms with E-state index in [4.69, 9.17) is 4.74 Å². The van der Waals surface area contributed by atoms with Crippen LogP contribution in [0, 0.1) is 13.8 Å². The summed E-state index contributed by atoms with van der Waals surface area (Å²) >= 11 is 0. The first-order valence-corrected chi connectivity index (χ1v) is 8.77. The number of hydrogen-bond donors (Lipinski definition) is 2. The van der Waals surface area contributed by atoms with E-state index >= 15 is 0 Å². The minimum absolute atomic E-state index is 0.333. The van der Waals surface area contributed by atoms with Gasteiger partial charge in [-0.25, -0.2) is 9.78 Å². The van der Waals surface area contributed by atoms with Crippen LogP contribution in [-0.4, -0.2) is 22.5 Å². The van der Waals surface area contributed by atoms with Crippen LogP contribution in [0.1, 0.15) is 28.4 Å². The molecule has 138 valence electrons. The molecule has 2 N–H and O–H groups in total. The Bertz CT molecular complexity index is 919. The lowest BCUT2D eigenvalue weighted by Crippen LogP contribution is -2.05. The van der Waals surface area contributed by atoms with Crippen LogP contribution in [0.25, 0.3) is 0 Å². The quantitative estimate of drug-likeness (QED) is 0.616. The Morgan fingerprint density at radius 1 is 1.00 bits per heavy atom. The summed E-state index contributed by atoms with van der Waals surface area (Å²) < 4.78 is 4.99. The van der Waals surface area contributed by atoms with Crippen molar-refractivity contribution in [1.82, 2.24) is 9.97 Å². The van der Waals surface area contributed by atoms with Gasteiger partial charge >= 0.3 is 5.97 Å². The molecule has 0 amide bonds. The molecular weight excluding hydrogens is 340 g/mol. The van der Waals surface area contributed by atoms with Crippen LogP contribution in [0.5, 0.6) is 0 Å². The highest BCUT2D eigenvalue weighted by molar-refractivity contribution is 5.89. The molecule has 6 heteroatoms. The first-order valence-electron chi connectivity index (χ1n) is 8.77. The lowest BCUT2D eigenvalue weighted by Gasteiger charge is -2.13. The Balaban J connectivity index is 1.73. The largest absolute Gasteiger partial charge is 0.462 e. The van der Waals surface area contributed by atoms with Gasteiger partial charge in [-0.1, -0.05) is 18.2 Å². The third kappa shape index (κ3) is 4.61. The number of benzene rings is 2. The van der Waals surface area contributed by atoms with Crippen LogP contribution in [0.2, 0.25) is 0 Å². The maximum absolute atomic E-state index is 11.7. The van der Waals surface area contributed by atoms with Crippen molar-refractivity contribution >= 4 is 29.1 Å². The molecule has 0 saturated carbocycles. The molecule has 1 heterocycles. The summed E-state index contributed by atoms with van der Waals surface area (Å²) in [4.78, 5) is 20.5. The Hall–Kier alpha value is -3.41.